The molecule has 0 saturated carbocycles. The third-order valence-corrected chi connectivity index (χ3v) is 3.34. The highest BCUT2D eigenvalue weighted by Crippen LogP contribution is 2.36. The van der Waals surface area contributed by atoms with Crippen molar-refractivity contribution < 1.29 is 9.13 Å². The standard InChI is InChI=1S/C15H14FNO/c1-18-13-6-7-14-11(8-13)9-15(17-14)10-2-4-12(16)5-3-10/h2-8,15,17H,9H2,1H3. The molecule has 0 aromatic heterocycles. The number of methoxy groups -OCH3 is 1. The molecule has 18 heavy (non-hydrogen) atoms. The third kappa shape index (κ3) is 1.92. The van der Waals surface area contributed by atoms with E-state index in [0.717, 1.165) is 23.4 Å². The van der Waals surface area contributed by atoms with Crippen LogP contribution >= 0.6 is 0 Å². The summed E-state index contributed by atoms with van der Waals surface area (Å²) in [7, 11) is 1.67. The highest BCUT2D eigenvalue weighted by atomic mass is 19.1. The smallest absolute Gasteiger partial charge is 0.123 e. The van der Waals surface area contributed by atoms with Gasteiger partial charge in [-0.3, -0.25) is 0 Å². The molecule has 1 atom stereocenters. The van der Waals surface area contributed by atoms with Crippen LogP contribution in [-0.4, -0.2) is 7.11 Å². The number of benzene rings is 2. The third-order valence-electron chi connectivity index (χ3n) is 3.34. The molecule has 0 saturated heterocycles. The second kappa shape index (κ2) is 4.33. The predicted molar refractivity (Wildman–Crippen MR) is 69.5 cm³/mol. The Morgan fingerprint density at radius 2 is 1.94 bits per heavy atom. The van der Waals surface area contributed by atoms with Gasteiger partial charge < -0.3 is 10.1 Å². The monoisotopic (exact) mass is 243 g/mol. The molecule has 2 aromatic rings. The van der Waals surface area contributed by atoms with E-state index in [2.05, 4.69) is 5.32 Å². The fraction of sp³-hybridized carbons (Fsp3) is 0.200. The van der Waals surface area contributed by atoms with E-state index in [0.29, 0.717) is 0 Å². The van der Waals surface area contributed by atoms with E-state index in [1.165, 1.54) is 17.7 Å². The Morgan fingerprint density at radius 1 is 1.17 bits per heavy atom. The lowest BCUT2D eigenvalue weighted by atomic mass is 10.0. The van der Waals surface area contributed by atoms with E-state index in [-0.39, 0.29) is 11.9 Å². The van der Waals surface area contributed by atoms with Crippen molar-refractivity contribution in [3.8, 4) is 5.75 Å². The van der Waals surface area contributed by atoms with Crippen LogP contribution in [0.1, 0.15) is 17.2 Å². The lowest BCUT2D eigenvalue weighted by molar-refractivity contribution is 0.414. The highest BCUT2D eigenvalue weighted by Gasteiger charge is 2.22. The summed E-state index contributed by atoms with van der Waals surface area (Å²) in [5.41, 5.74) is 3.47. The van der Waals surface area contributed by atoms with E-state index in [1.54, 1.807) is 7.11 Å². The van der Waals surface area contributed by atoms with Crippen molar-refractivity contribution >= 4 is 5.69 Å². The summed E-state index contributed by atoms with van der Waals surface area (Å²) in [4.78, 5) is 0. The molecule has 1 heterocycles. The zero-order chi connectivity index (χ0) is 12.5. The first-order valence-electron chi connectivity index (χ1n) is 5.95. The van der Waals surface area contributed by atoms with E-state index in [1.807, 2.05) is 30.3 Å². The van der Waals surface area contributed by atoms with Crippen molar-refractivity contribution in [2.75, 3.05) is 12.4 Å². The first-order valence-corrected chi connectivity index (χ1v) is 5.95. The molecular weight excluding hydrogens is 229 g/mol. The average Bonchev–Trinajstić information content (AvgIpc) is 2.82. The molecule has 92 valence electrons. The molecule has 0 aliphatic carbocycles. The largest absolute Gasteiger partial charge is 0.497 e. The number of anilines is 1. The first-order chi connectivity index (χ1) is 8.76. The topological polar surface area (TPSA) is 21.3 Å². The van der Waals surface area contributed by atoms with Gasteiger partial charge in [-0.15, -0.1) is 0 Å². The average molecular weight is 243 g/mol. The summed E-state index contributed by atoms with van der Waals surface area (Å²) in [6, 6.07) is 12.9. The molecule has 1 N–H and O–H groups in total. The fourth-order valence-corrected chi connectivity index (χ4v) is 2.36. The summed E-state index contributed by atoms with van der Waals surface area (Å²) >= 11 is 0. The van der Waals surface area contributed by atoms with E-state index in [4.69, 9.17) is 4.74 Å². The molecule has 0 radical (unpaired) electrons. The number of fused-ring (bicyclic) bond motifs is 1. The summed E-state index contributed by atoms with van der Waals surface area (Å²) in [5, 5.41) is 3.44. The lowest BCUT2D eigenvalue weighted by Crippen LogP contribution is -2.05. The van der Waals surface area contributed by atoms with Gasteiger partial charge in [0, 0.05) is 5.69 Å². The quantitative estimate of drug-likeness (QED) is 0.871. The Balaban J connectivity index is 1.86. The predicted octanol–water partition coefficient (Wildman–Crippen LogP) is 3.54. The molecule has 0 spiro atoms. The van der Waals surface area contributed by atoms with Crippen LogP contribution in [0.5, 0.6) is 5.75 Å². The van der Waals surface area contributed by atoms with Gasteiger partial charge in [-0.05, 0) is 47.9 Å². The number of halogens is 1. The van der Waals surface area contributed by atoms with Gasteiger partial charge in [0.05, 0.1) is 13.2 Å². The fourth-order valence-electron chi connectivity index (χ4n) is 2.36. The number of ether oxygens (including phenoxy) is 1. The maximum atomic E-state index is 12.9. The second-order valence-electron chi connectivity index (χ2n) is 4.48. The van der Waals surface area contributed by atoms with Gasteiger partial charge in [-0.25, -0.2) is 4.39 Å². The van der Waals surface area contributed by atoms with Gasteiger partial charge in [0.1, 0.15) is 11.6 Å². The Morgan fingerprint density at radius 3 is 2.67 bits per heavy atom. The molecular formula is C15H14FNO. The minimum Gasteiger partial charge on any atom is -0.497 e. The van der Waals surface area contributed by atoms with Crippen LogP contribution in [0, 0.1) is 5.82 Å². The summed E-state index contributed by atoms with van der Waals surface area (Å²) in [6.07, 6.45) is 0.901. The van der Waals surface area contributed by atoms with Crippen LogP contribution in [0.3, 0.4) is 0 Å². The molecule has 3 rings (SSSR count). The normalized spacial score (nSPS) is 17.1. The van der Waals surface area contributed by atoms with Crippen molar-refractivity contribution in [2.24, 2.45) is 0 Å². The van der Waals surface area contributed by atoms with Crippen LogP contribution < -0.4 is 10.1 Å². The number of rotatable bonds is 2. The zero-order valence-corrected chi connectivity index (χ0v) is 10.1. The van der Waals surface area contributed by atoms with Crippen molar-refractivity contribution in [1.82, 2.24) is 0 Å². The SMILES string of the molecule is COc1ccc2c(c1)CC(c1ccc(F)cc1)N2. The molecule has 0 amide bonds. The Bertz CT molecular complexity index is 565. The minimum absolute atomic E-state index is 0.198. The van der Waals surface area contributed by atoms with Crippen molar-refractivity contribution in [3.63, 3.8) is 0 Å². The van der Waals surface area contributed by atoms with Crippen LogP contribution in [0.25, 0.3) is 0 Å². The van der Waals surface area contributed by atoms with Crippen LogP contribution in [-0.2, 0) is 6.42 Å². The Labute approximate surface area is 105 Å². The van der Waals surface area contributed by atoms with Gasteiger partial charge in [-0.2, -0.15) is 0 Å². The van der Waals surface area contributed by atoms with E-state index >= 15 is 0 Å². The van der Waals surface area contributed by atoms with Gasteiger partial charge >= 0.3 is 0 Å². The molecule has 1 unspecified atom stereocenters. The van der Waals surface area contributed by atoms with Gasteiger partial charge in [0.25, 0.3) is 0 Å². The van der Waals surface area contributed by atoms with Crippen molar-refractivity contribution in [2.45, 2.75) is 12.5 Å². The summed E-state index contributed by atoms with van der Waals surface area (Å²) in [6.45, 7) is 0. The van der Waals surface area contributed by atoms with Crippen LogP contribution in [0.15, 0.2) is 42.5 Å². The highest BCUT2D eigenvalue weighted by molar-refractivity contribution is 5.60. The van der Waals surface area contributed by atoms with Crippen LogP contribution in [0.4, 0.5) is 10.1 Å². The number of hydrogen-bond acceptors (Lipinski definition) is 2. The minimum atomic E-state index is -0.198. The Hall–Kier alpha value is -2.03. The maximum absolute atomic E-state index is 12.9. The molecule has 2 nitrogen and oxygen atoms in total. The van der Waals surface area contributed by atoms with Crippen molar-refractivity contribution in [3.05, 3.63) is 59.4 Å². The van der Waals surface area contributed by atoms with Gasteiger partial charge in [0.2, 0.25) is 0 Å². The molecule has 0 fully saturated rings. The lowest BCUT2D eigenvalue weighted by Gasteiger charge is -2.11. The number of hydrogen-bond donors (Lipinski definition) is 1. The van der Waals surface area contributed by atoms with Crippen LogP contribution in [0.2, 0.25) is 0 Å². The van der Waals surface area contributed by atoms with Gasteiger partial charge in [-0.1, -0.05) is 12.1 Å². The molecule has 3 heteroatoms. The zero-order valence-electron chi connectivity index (χ0n) is 10.1. The Kier molecular flexibility index (Phi) is 2.67. The second-order valence-corrected chi connectivity index (χ2v) is 4.48. The number of nitrogens with one attached hydrogen (secondary N) is 1. The van der Waals surface area contributed by atoms with Crippen molar-refractivity contribution in [1.29, 1.82) is 0 Å². The van der Waals surface area contributed by atoms with Gasteiger partial charge in [0.15, 0.2) is 0 Å². The maximum Gasteiger partial charge on any atom is 0.123 e. The first kappa shape index (κ1) is 11.1. The molecule has 1 aliphatic rings. The van der Waals surface area contributed by atoms with E-state index in [9.17, 15) is 4.39 Å². The molecule has 0 bridgehead atoms. The summed E-state index contributed by atoms with van der Waals surface area (Å²) in [5.74, 6) is 0.672. The molecule has 2 aromatic carbocycles. The van der Waals surface area contributed by atoms with E-state index < -0.39 is 0 Å². The molecule has 1 aliphatic heterocycles. The summed E-state index contributed by atoms with van der Waals surface area (Å²) < 4.78 is 18.1.